The lowest BCUT2D eigenvalue weighted by Gasteiger charge is -2.22. The molecule has 0 aliphatic carbocycles. The fourth-order valence-electron chi connectivity index (χ4n) is 2.27. The predicted molar refractivity (Wildman–Crippen MR) is 70.7 cm³/mol. The third-order valence-corrected chi connectivity index (χ3v) is 3.81. The summed E-state index contributed by atoms with van der Waals surface area (Å²) in [5.74, 6) is 1.32. The second-order valence-electron chi connectivity index (χ2n) is 4.32. The number of furan rings is 1. The first-order valence-electron chi connectivity index (χ1n) is 5.93. The van der Waals surface area contributed by atoms with Crippen LogP contribution >= 0.6 is 15.9 Å². The minimum absolute atomic E-state index is 0.512. The summed E-state index contributed by atoms with van der Waals surface area (Å²) in [5.41, 5.74) is 1.92. The Balaban J connectivity index is 2.04. The molecule has 1 N–H and O–H groups in total. The average molecular weight is 309 g/mol. The van der Waals surface area contributed by atoms with Gasteiger partial charge in [-0.05, 0) is 40.4 Å². The molecule has 1 aromatic heterocycles. The molecule has 3 rings (SSSR count). The van der Waals surface area contributed by atoms with E-state index in [9.17, 15) is 5.11 Å². The zero-order valence-corrected chi connectivity index (χ0v) is 11.3. The molecule has 3 nitrogen and oxygen atoms in total. The van der Waals surface area contributed by atoms with Gasteiger partial charge in [0.25, 0.3) is 0 Å². The van der Waals surface area contributed by atoms with E-state index in [0.29, 0.717) is 12.4 Å². The summed E-state index contributed by atoms with van der Waals surface area (Å²) >= 11 is 3.37. The zero-order valence-electron chi connectivity index (χ0n) is 9.73. The van der Waals surface area contributed by atoms with E-state index in [4.69, 9.17) is 9.15 Å². The smallest absolute Gasteiger partial charge is 0.151 e. The third kappa shape index (κ3) is 1.95. The highest BCUT2D eigenvalue weighted by Crippen LogP contribution is 2.37. The van der Waals surface area contributed by atoms with Crippen LogP contribution in [-0.2, 0) is 6.42 Å². The third-order valence-electron chi connectivity index (χ3n) is 3.15. The van der Waals surface area contributed by atoms with Crippen LogP contribution in [0.2, 0.25) is 0 Å². The molecule has 4 heteroatoms. The Kier molecular flexibility index (Phi) is 3.14. The van der Waals surface area contributed by atoms with E-state index < -0.39 is 6.10 Å². The molecule has 0 fully saturated rings. The maximum Gasteiger partial charge on any atom is 0.151 e. The van der Waals surface area contributed by atoms with Gasteiger partial charge in [-0.25, -0.2) is 0 Å². The quantitative estimate of drug-likeness (QED) is 0.924. The number of benzene rings is 1. The summed E-state index contributed by atoms with van der Waals surface area (Å²) in [5, 5.41) is 10.4. The monoisotopic (exact) mass is 308 g/mol. The van der Waals surface area contributed by atoms with Crippen LogP contribution in [0.1, 0.15) is 29.4 Å². The molecule has 94 valence electrons. The molecule has 1 aliphatic rings. The highest BCUT2D eigenvalue weighted by atomic mass is 79.9. The van der Waals surface area contributed by atoms with Gasteiger partial charge in [-0.1, -0.05) is 18.2 Å². The first-order valence-corrected chi connectivity index (χ1v) is 6.72. The van der Waals surface area contributed by atoms with Gasteiger partial charge in [-0.15, -0.1) is 0 Å². The lowest BCUT2D eigenvalue weighted by molar-refractivity contribution is 0.179. The number of aliphatic hydroxyl groups is 1. The first kappa shape index (κ1) is 11.8. The van der Waals surface area contributed by atoms with Crippen LogP contribution in [0.25, 0.3) is 0 Å². The van der Waals surface area contributed by atoms with Gasteiger partial charge in [0.1, 0.15) is 11.9 Å². The lowest BCUT2D eigenvalue weighted by atomic mass is 9.98. The Hall–Kier alpha value is -1.26. The van der Waals surface area contributed by atoms with Gasteiger partial charge in [0, 0.05) is 5.56 Å². The van der Waals surface area contributed by atoms with Gasteiger partial charge < -0.3 is 14.3 Å². The summed E-state index contributed by atoms with van der Waals surface area (Å²) in [4.78, 5) is 0. The number of fused-ring (bicyclic) bond motifs is 1. The molecular formula is C14H13BrO3. The number of para-hydroxylation sites is 1. The van der Waals surface area contributed by atoms with E-state index in [-0.39, 0.29) is 0 Å². The normalized spacial score (nSPS) is 15.9. The van der Waals surface area contributed by atoms with Gasteiger partial charge in [-0.2, -0.15) is 0 Å². The number of hydrogen-bond acceptors (Lipinski definition) is 3. The van der Waals surface area contributed by atoms with Crippen molar-refractivity contribution >= 4 is 15.9 Å². The first-order chi connectivity index (χ1) is 8.77. The molecule has 0 amide bonds. The van der Waals surface area contributed by atoms with Crippen LogP contribution in [-0.4, -0.2) is 11.7 Å². The van der Waals surface area contributed by atoms with Gasteiger partial charge in [0.2, 0.25) is 0 Å². The van der Waals surface area contributed by atoms with Crippen molar-refractivity contribution in [3.8, 4) is 5.75 Å². The number of hydrogen-bond donors (Lipinski definition) is 1. The molecule has 0 saturated carbocycles. The summed E-state index contributed by atoms with van der Waals surface area (Å²) in [6, 6.07) is 7.64. The lowest BCUT2D eigenvalue weighted by Crippen LogP contribution is -2.12. The van der Waals surface area contributed by atoms with E-state index in [1.165, 1.54) is 0 Å². The number of aryl methyl sites for hydroxylation is 1. The molecule has 2 aromatic rings. The van der Waals surface area contributed by atoms with Crippen molar-refractivity contribution in [1.82, 2.24) is 0 Å². The molecule has 0 saturated heterocycles. The van der Waals surface area contributed by atoms with Crippen LogP contribution in [0, 0.1) is 0 Å². The van der Waals surface area contributed by atoms with Crippen molar-refractivity contribution in [2.75, 3.05) is 6.61 Å². The standard InChI is InChI=1S/C14H13BrO3/c15-11-6-8-18-14(11)12(16)10-5-1-3-9-4-2-7-17-13(9)10/h1,3,5-6,8,12,16H,2,4,7H2. The van der Waals surface area contributed by atoms with E-state index in [1.807, 2.05) is 18.2 Å². The molecule has 0 bridgehead atoms. The molecule has 0 radical (unpaired) electrons. The average Bonchev–Trinajstić information content (AvgIpc) is 2.83. The Morgan fingerprint density at radius 2 is 2.17 bits per heavy atom. The molecule has 0 spiro atoms. The maximum atomic E-state index is 10.4. The number of aliphatic hydroxyl groups excluding tert-OH is 1. The molecule has 1 atom stereocenters. The van der Waals surface area contributed by atoms with Crippen molar-refractivity contribution < 1.29 is 14.3 Å². The number of ether oxygens (including phenoxy) is 1. The minimum atomic E-state index is -0.803. The van der Waals surface area contributed by atoms with Crippen molar-refractivity contribution in [1.29, 1.82) is 0 Å². The molecule has 1 aromatic carbocycles. The van der Waals surface area contributed by atoms with E-state index in [2.05, 4.69) is 15.9 Å². The Morgan fingerprint density at radius 1 is 1.28 bits per heavy atom. The molecule has 2 heterocycles. The minimum Gasteiger partial charge on any atom is -0.493 e. The van der Waals surface area contributed by atoms with E-state index in [1.54, 1.807) is 12.3 Å². The number of rotatable bonds is 2. The fourth-order valence-corrected chi connectivity index (χ4v) is 2.69. The highest BCUT2D eigenvalue weighted by molar-refractivity contribution is 9.10. The molecule has 1 unspecified atom stereocenters. The van der Waals surface area contributed by atoms with Crippen molar-refractivity contribution in [3.63, 3.8) is 0 Å². The Labute approximate surface area is 114 Å². The SMILES string of the molecule is OC(c1cccc2c1OCCC2)c1occc1Br. The summed E-state index contributed by atoms with van der Waals surface area (Å²) in [7, 11) is 0. The topological polar surface area (TPSA) is 42.6 Å². The van der Waals surface area contributed by atoms with Gasteiger partial charge in [0.05, 0.1) is 17.3 Å². The fraction of sp³-hybridized carbons (Fsp3) is 0.286. The van der Waals surface area contributed by atoms with Crippen molar-refractivity contribution in [2.24, 2.45) is 0 Å². The van der Waals surface area contributed by atoms with Crippen LogP contribution in [0.3, 0.4) is 0 Å². The zero-order chi connectivity index (χ0) is 12.5. The van der Waals surface area contributed by atoms with Gasteiger partial charge in [0.15, 0.2) is 5.76 Å². The Bertz CT molecular complexity index is 562. The van der Waals surface area contributed by atoms with Crippen LogP contribution in [0.4, 0.5) is 0 Å². The van der Waals surface area contributed by atoms with Gasteiger partial charge in [-0.3, -0.25) is 0 Å². The molecule has 1 aliphatic heterocycles. The largest absolute Gasteiger partial charge is 0.493 e. The maximum absolute atomic E-state index is 10.4. The van der Waals surface area contributed by atoms with E-state index in [0.717, 1.165) is 34.2 Å². The van der Waals surface area contributed by atoms with Crippen molar-refractivity contribution in [2.45, 2.75) is 18.9 Å². The number of halogens is 1. The van der Waals surface area contributed by atoms with Crippen LogP contribution in [0.5, 0.6) is 5.75 Å². The van der Waals surface area contributed by atoms with Crippen LogP contribution < -0.4 is 4.74 Å². The van der Waals surface area contributed by atoms with E-state index >= 15 is 0 Å². The summed E-state index contributed by atoms with van der Waals surface area (Å²) in [6.07, 6.45) is 2.77. The van der Waals surface area contributed by atoms with Crippen molar-refractivity contribution in [3.05, 3.63) is 51.9 Å². The summed E-state index contributed by atoms with van der Waals surface area (Å²) < 4.78 is 11.8. The Morgan fingerprint density at radius 3 is 2.94 bits per heavy atom. The summed E-state index contributed by atoms with van der Waals surface area (Å²) in [6.45, 7) is 0.704. The second kappa shape index (κ2) is 4.78. The molecule has 18 heavy (non-hydrogen) atoms. The highest BCUT2D eigenvalue weighted by Gasteiger charge is 2.24. The van der Waals surface area contributed by atoms with Crippen LogP contribution in [0.15, 0.2) is 39.4 Å². The second-order valence-corrected chi connectivity index (χ2v) is 5.18. The molecular weight excluding hydrogens is 296 g/mol. The predicted octanol–water partition coefficient (Wildman–Crippen LogP) is 3.45. The van der Waals surface area contributed by atoms with Gasteiger partial charge >= 0.3 is 0 Å².